The van der Waals surface area contributed by atoms with Crippen LogP contribution in [-0.2, 0) is 17.8 Å². The lowest BCUT2D eigenvalue weighted by atomic mass is 9.92. The number of benzene rings is 2. The van der Waals surface area contributed by atoms with E-state index in [0.717, 1.165) is 60.8 Å². The highest BCUT2D eigenvalue weighted by Crippen LogP contribution is 2.30. The third-order valence-corrected chi connectivity index (χ3v) is 7.54. The van der Waals surface area contributed by atoms with E-state index in [4.69, 9.17) is 0 Å². The third kappa shape index (κ3) is 4.89. The highest BCUT2D eigenvalue weighted by atomic mass is 16.2. The predicted molar refractivity (Wildman–Crippen MR) is 146 cm³/mol. The molecule has 1 fully saturated rings. The van der Waals surface area contributed by atoms with Crippen molar-refractivity contribution < 1.29 is 9.59 Å². The molecule has 0 atom stereocenters. The number of rotatable bonds is 5. The van der Waals surface area contributed by atoms with Gasteiger partial charge < -0.3 is 19.7 Å². The van der Waals surface area contributed by atoms with E-state index in [1.807, 2.05) is 82.5 Å². The summed E-state index contributed by atoms with van der Waals surface area (Å²) < 4.78 is 1.97. The number of fused-ring (bicyclic) bond motifs is 1. The Morgan fingerprint density at radius 1 is 0.842 bits per heavy atom. The number of aromatic nitrogens is 3. The molecule has 8 heteroatoms. The number of nitrogens with zero attached hydrogens (tertiary/aromatic N) is 5. The summed E-state index contributed by atoms with van der Waals surface area (Å²) in [7, 11) is 0. The van der Waals surface area contributed by atoms with Crippen molar-refractivity contribution in [2.75, 3.05) is 29.9 Å². The van der Waals surface area contributed by atoms with Crippen LogP contribution in [0.3, 0.4) is 0 Å². The molecule has 0 aliphatic carbocycles. The van der Waals surface area contributed by atoms with Crippen molar-refractivity contribution in [3.8, 4) is 5.82 Å². The molecule has 2 aliphatic heterocycles. The van der Waals surface area contributed by atoms with Gasteiger partial charge in [-0.1, -0.05) is 30.3 Å². The Balaban J connectivity index is 1.08. The molecule has 0 bridgehead atoms. The summed E-state index contributed by atoms with van der Waals surface area (Å²) in [6, 6.07) is 21.1. The van der Waals surface area contributed by atoms with Crippen molar-refractivity contribution in [1.29, 1.82) is 0 Å². The Bertz CT molecular complexity index is 1430. The SMILES string of the molecule is O=C(Nc1cccc2c1CCN(C(=O)C1CCN(c3cc(-n4cccc4)ncn3)CC1)C2)c1ccccc1. The summed E-state index contributed by atoms with van der Waals surface area (Å²) in [6.07, 6.45) is 7.87. The number of carbonyl (C=O) groups excluding carboxylic acids is 2. The number of hydrogen-bond acceptors (Lipinski definition) is 5. The largest absolute Gasteiger partial charge is 0.356 e. The lowest BCUT2D eigenvalue weighted by molar-refractivity contribution is -0.137. The first-order valence-corrected chi connectivity index (χ1v) is 13.1. The van der Waals surface area contributed by atoms with Crippen LogP contribution in [-0.4, -0.2) is 50.9 Å². The third-order valence-electron chi connectivity index (χ3n) is 7.54. The molecule has 2 aliphatic rings. The Labute approximate surface area is 221 Å². The van der Waals surface area contributed by atoms with E-state index in [1.54, 1.807) is 6.33 Å². The second kappa shape index (κ2) is 10.5. The summed E-state index contributed by atoms with van der Waals surface area (Å²) in [5.41, 5.74) is 3.69. The molecule has 0 spiro atoms. The Kier molecular flexibility index (Phi) is 6.60. The number of hydrogen-bond donors (Lipinski definition) is 1. The Morgan fingerprint density at radius 2 is 1.61 bits per heavy atom. The second-order valence-electron chi connectivity index (χ2n) is 9.86. The molecule has 6 rings (SSSR count). The molecule has 192 valence electrons. The van der Waals surface area contributed by atoms with Gasteiger partial charge in [0, 0.05) is 61.8 Å². The number of amides is 2. The fraction of sp³-hybridized carbons (Fsp3) is 0.267. The van der Waals surface area contributed by atoms with Crippen molar-refractivity contribution in [2.45, 2.75) is 25.8 Å². The van der Waals surface area contributed by atoms with Crippen LogP contribution in [0, 0.1) is 5.92 Å². The molecule has 2 aromatic carbocycles. The standard InChI is InChI=1S/C30H30N6O2/c37-29(22-7-2-1-3-8-22)33-26-10-6-9-24-20-36(18-13-25(24)26)30(38)23-11-16-35(17-12-23)28-19-27(31-21-32-28)34-14-4-5-15-34/h1-10,14-15,19,21,23H,11-13,16-18,20H2,(H,33,37). The van der Waals surface area contributed by atoms with Gasteiger partial charge in [0.1, 0.15) is 18.0 Å². The van der Waals surface area contributed by atoms with Gasteiger partial charge in [0.05, 0.1) is 0 Å². The summed E-state index contributed by atoms with van der Waals surface area (Å²) in [5.74, 6) is 1.86. The number of nitrogens with one attached hydrogen (secondary N) is 1. The van der Waals surface area contributed by atoms with Crippen LogP contribution in [0.15, 0.2) is 85.5 Å². The molecule has 1 saturated heterocycles. The molecule has 0 unspecified atom stereocenters. The molecule has 0 saturated carbocycles. The van der Waals surface area contributed by atoms with E-state index in [2.05, 4.69) is 26.3 Å². The van der Waals surface area contributed by atoms with E-state index in [-0.39, 0.29) is 17.7 Å². The van der Waals surface area contributed by atoms with Gasteiger partial charge in [0.2, 0.25) is 5.91 Å². The molecule has 8 nitrogen and oxygen atoms in total. The van der Waals surface area contributed by atoms with Crippen LogP contribution >= 0.6 is 0 Å². The molecular weight excluding hydrogens is 476 g/mol. The summed E-state index contributed by atoms with van der Waals surface area (Å²) >= 11 is 0. The minimum absolute atomic E-state index is 0.0134. The van der Waals surface area contributed by atoms with Crippen molar-refractivity contribution in [3.63, 3.8) is 0 Å². The fourth-order valence-corrected chi connectivity index (χ4v) is 5.45. The van der Waals surface area contributed by atoms with Crippen molar-refractivity contribution >= 4 is 23.3 Å². The Hall–Kier alpha value is -4.46. The molecule has 2 aromatic heterocycles. The maximum absolute atomic E-state index is 13.5. The molecule has 4 heterocycles. The van der Waals surface area contributed by atoms with Gasteiger partial charge in [-0.15, -0.1) is 0 Å². The van der Waals surface area contributed by atoms with Crippen molar-refractivity contribution in [2.24, 2.45) is 5.92 Å². The van der Waals surface area contributed by atoms with Gasteiger partial charge in [-0.2, -0.15) is 0 Å². The van der Waals surface area contributed by atoms with E-state index in [1.165, 1.54) is 0 Å². The Morgan fingerprint density at radius 3 is 2.39 bits per heavy atom. The average Bonchev–Trinajstić information content (AvgIpc) is 3.53. The molecule has 1 N–H and O–H groups in total. The first kappa shape index (κ1) is 23.9. The predicted octanol–water partition coefficient (Wildman–Crippen LogP) is 4.32. The zero-order chi connectivity index (χ0) is 25.9. The normalized spacial score (nSPS) is 15.7. The van der Waals surface area contributed by atoms with Gasteiger partial charge >= 0.3 is 0 Å². The van der Waals surface area contributed by atoms with Gasteiger partial charge in [0.25, 0.3) is 5.91 Å². The topological polar surface area (TPSA) is 83.4 Å². The van der Waals surface area contributed by atoms with E-state index < -0.39 is 0 Å². The molecule has 38 heavy (non-hydrogen) atoms. The van der Waals surface area contributed by atoms with Crippen LogP contribution in [0.2, 0.25) is 0 Å². The van der Waals surface area contributed by atoms with E-state index in [0.29, 0.717) is 18.7 Å². The van der Waals surface area contributed by atoms with Crippen LogP contribution in [0.5, 0.6) is 0 Å². The summed E-state index contributed by atoms with van der Waals surface area (Å²) in [5, 5.41) is 3.07. The zero-order valence-electron chi connectivity index (χ0n) is 21.2. The van der Waals surface area contributed by atoms with Crippen molar-refractivity contribution in [3.05, 3.63) is 102 Å². The molecule has 4 aromatic rings. The van der Waals surface area contributed by atoms with Crippen LogP contribution in [0.25, 0.3) is 5.82 Å². The highest BCUT2D eigenvalue weighted by molar-refractivity contribution is 6.04. The van der Waals surface area contributed by atoms with Gasteiger partial charge in [-0.25, -0.2) is 9.97 Å². The number of piperidine rings is 1. The van der Waals surface area contributed by atoms with E-state index >= 15 is 0 Å². The van der Waals surface area contributed by atoms with Crippen LogP contribution in [0.4, 0.5) is 11.5 Å². The first-order valence-electron chi connectivity index (χ1n) is 13.1. The first-order chi connectivity index (χ1) is 18.7. The minimum atomic E-state index is -0.117. The highest BCUT2D eigenvalue weighted by Gasteiger charge is 2.31. The minimum Gasteiger partial charge on any atom is -0.356 e. The van der Waals surface area contributed by atoms with Crippen LogP contribution in [0.1, 0.15) is 34.3 Å². The smallest absolute Gasteiger partial charge is 0.255 e. The quantitative estimate of drug-likeness (QED) is 0.436. The number of carbonyl (C=O) groups is 2. The maximum atomic E-state index is 13.5. The van der Waals surface area contributed by atoms with Gasteiger partial charge in [-0.05, 0) is 60.7 Å². The lowest BCUT2D eigenvalue weighted by Gasteiger charge is -2.37. The number of anilines is 2. The van der Waals surface area contributed by atoms with Gasteiger partial charge in [-0.3, -0.25) is 9.59 Å². The fourth-order valence-electron chi connectivity index (χ4n) is 5.45. The maximum Gasteiger partial charge on any atom is 0.255 e. The van der Waals surface area contributed by atoms with Crippen LogP contribution < -0.4 is 10.2 Å². The molecular formula is C30H30N6O2. The van der Waals surface area contributed by atoms with Gasteiger partial charge in [0.15, 0.2) is 0 Å². The molecule has 0 radical (unpaired) electrons. The monoisotopic (exact) mass is 506 g/mol. The molecule has 2 amide bonds. The van der Waals surface area contributed by atoms with Crippen molar-refractivity contribution in [1.82, 2.24) is 19.4 Å². The zero-order valence-corrected chi connectivity index (χ0v) is 21.2. The lowest BCUT2D eigenvalue weighted by Crippen LogP contribution is -2.44. The second-order valence-corrected chi connectivity index (χ2v) is 9.86. The van der Waals surface area contributed by atoms with E-state index in [9.17, 15) is 9.59 Å². The average molecular weight is 507 g/mol. The summed E-state index contributed by atoms with van der Waals surface area (Å²) in [6.45, 7) is 2.82. The summed E-state index contributed by atoms with van der Waals surface area (Å²) in [4.78, 5) is 39.3.